The van der Waals surface area contributed by atoms with Crippen molar-refractivity contribution in [1.29, 1.82) is 0 Å². The summed E-state index contributed by atoms with van der Waals surface area (Å²) < 4.78 is 2.42. The van der Waals surface area contributed by atoms with Crippen molar-refractivity contribution in [2.45, 2.75) is 66.5 Å². The van der Waals surface area contributed by atoms with Crippen LogP contribution in [0.2, 0.25) is 5.02 Å². The van der Waals surface area contributed by atoms with Crippen molar-refractivity contribution in [3.05, 3.63) is 106 Å². The lowest BCUT2D eigenvalue weighted by atomic mass is 9.91. The number of benzene rings is 2. The van der Waals surface area contributed by atoms with Crippen LogP contribution in [0.3, 0.4) is 0 Å². The molecule has 0 amide bonds. The molecule has 224 valence electrons. The maximum absolute atomic E-state index is 7.07. The Labute approximate surface area is 266 Å². The highest BCUT2D eigenvalue weighted by Gasteiger charge is 2.42. The molecule has 0 radical (unpaired) electrons. The van der Waals surface area contributed by atoms with E-state index in [1.165, 1.54) is 40.2 Å². The Morgan fingerprint density at radius 3 is 2.42 bits per heavy atom. The van der Waals surface area contributed by atoms with Crippen LogP contribution >= 0.6 is 23.8 Å². The Balaban J connectivity index is 1.47. The van der Waals surface area contributed by atoms with Gasteiger partial charge in [-0.15, -0.1) is 0 Å². The molecule has 0 unspecified atom stereocenters. The second-order valence-corrected chi connectivity index (χ2v) is 13.4. The summed E-state index contributed by atoms with van der Waals surface area (Å²) >= 11 is 13.1. The molecule has 5 nitrogen and oxygen atoms in total. The molecular weight excluding hydrogens is 570 g/mol. The molecule has 4 aromatic rings. The van der Waals surface area contributed by atoms with E-state index in [1.807, 2.05) is 18.3 Å². The zero-order valence-corrected chi connectivity index (χ0v) is 27.6. The highest BCUT2D eigenvalue weighted by Crippen LogP contribution is 2.45. The molecule has 7 heteroatoms. The largest absolute Gasteiger partial charge is 0.370 e. The molecule has 6 rings (SSSR count). The average Bonchev–Trinajstić information content (AvgIpc) is 3.47. The van der Waals surface area contributed by atoms with Crippen molar-refractivity contribution in [3.8, 4) is 5.69 Å². The van der Waals surface area contributed by atoms with E-state index < -0.39 is 0 Å². The molecule has 2 aromatic carbocycles. The van der Waals surface area contributed by atoms with Crippen LogP contribution in [0.1, 0.15) is 73.0 Å². The van der Waals surface area contributed by atoms with E-state index in [0.29, 0.717) is 16.9 Å². The lowest BCUT2D eigenvalue weighted by Gasteiger charge is -2.37. The van der Waals surface area contributed by atoms with Crippen LogP contribution in [0.25, 0.3) is 5.69 Å². The summed E-state index contributed by atoms with van der Waals surface area (Å²) in [4.78, 5) is 9.47. The number of nitrogens with zero attached hydrogens (tertiary/aromatic N) is 4. The third-order valence-corrected chi connectivity index (χ3v) is 9.85. The molecule has 1 N–H and O–H groups in total. The van der Waals surface area contributed by atoms with Gasteiger partial charge in [0.2, 0.25) is 0 Å². The van der Waals surface area contributed by atoms with Gasteiger partial charge in [0.15, 0.2) is 5.11 Å². The number of hydrogen-bond donors (Lipinski definition) is 1. The molecule has 4 atom stereocenters. The van der Waals surface area contributed by atoms with Gasteiger partial charge >= 0.3 is 0 Å². The number of anilines is 2. The number of thiocarbonyl (C=S) groups is 1. The summed E-state index contributed by atoms with van der Waals surface area (Å²) in [6.07, 6.45) is 4.09. The first-order valence-electron chi connectivity index (χ1n) is 15.5. The number of hydrogen-bond acceptors (Lipinski definition) is 3. The van der Waals surface area contributed by atoms with Gasteiger partial charge in [0, 0.05) is 36.4 Å². The first kappa shape index (κ1) is 29.7. The van der Waals surface area contributed by atoms with E-state index in [9.17, 15) is 0 Å². The Hall–Kier alpha value is -3.35. The summed E-state index contributed by atoms with van der Waals surface area (Å²) in [6.45, 7) is 15.6. The van der Waals surface area contributed by atoms with Crippen LogP contribution in [0.4, 0.5) is 11.4 Å². The normalized spacial score (nSPS) is 22.3. The highest BCUT2D eigenvalue weighted by molar-refractivity contribution is 7.80. The van der Waals surface area contributed by atoms with Crippen LogP contribution in [0, 0.1) is 32.6 Å². The van der Waals surface area contributed by atoms with E-state index >= 15 is 0 Å². The third-order valence-electron chi connectivity index (χ3n) is 9.23. The number of halogens is 1. The highest BCUT2D eigenvalue weighted by atomic mass is 35.5. The predicted octanol–water partition coefficient (Wildman–Crippen LogP) is 8.67. The quantitative estimate of drug-likeness (QED) is 0.221. The van der Waals surface area contributed by atoms with Crippen LogP contribution in [-0.2, 0) is 6.42 Å². The number of piperidine rings is 1. The van der Waals surface area contributed by atoms with Gasteiger partial charge in [0.25, 0.3) is 0 Å². The number of nitrogens with one attached hydrogen (secondary N) is 1. The predicted molar refractivity (Wildman–Crippen MR) is 184 cm³/mol. The molecule has 0 bridgehead atoms. The Bertz CT molecular complexity index is 1640. The zero-order valence-electron chi connectivity index (χ0n) is 26.1. The van der Waals surface area contributed by atoms with Crippen LogP contribution in [-0.4, -0.2) is 27.8 Å². The van der Waals surface area contributed by atoms with Gasteiger partial charge in [-0.05, 0) is 111 Å². The SMILES string of the molecule is CCc1cccc(C)c1-n1c(C)cc([C@@H]2[C@@H](c3ccccn3)NC(=S)N2c2ccc(N3C[C@H](C)C[C@H](C)C3)c(Cl)c2)c1C. The van der Waals surface area contributed by atoms with Gasteiger partial charge in [-0.1, -0.05) is 56.6 Å². The Morgan fingerprint density at radius 2 is 1.74 bits per heavy atom. The summed E-state index contributed by atoms with van der Waals surface area (Å²) in [6, 6.07) is 21.3. The average molecular weight is 612 g/mol. The number of aromatic nitrogens is 2. The third kappa shape index (κ3) is 5.44. The second kappa shape index (κ2) is 12.0. The van der Waals surface area contributed by atoms with Crippen molar-refractivity contribution in [2.24, 2.45) is 11.8 Å². The maximum Gasteiger partial charge on any atom is 0.174 e. The lowest BCUT2D eigenvalue weighted by Crippen LogP contribution is -2.38. The minimum Gasteiger partial charge on any atom is -0.370 e. The summed E-state index contributed by atoms with van der Waals surface area (Å²) in [5.74, 6) is 1.30. The standard InChI is InChI=1S/C36H42ClN5S/c1-7-27-12-10-11-24(4)34(27)41-25(5)18-29(26(41)6)35-33(31-13-8-9-16-38-31)39-36(43)42(35)28-14-15-32(30(37)19-28)40-20-22(2)17-23(3)21-40/h8-16,18-19,22-23,33,35H,7,17,20-21H2,1-6H3,(H,39,43)/t22-,23+,33-,35-/m1/s1. The topological polar surface area (TPSA) is 36.3 Å². The zero-order chi connectivity index (χ0) is 30.4. The number of pyridine rings is 1. The van der Waals surface area contributed by atoms with Crippen molar-refractivity contribution >= 4 is 40.3 Å². The van der Waals surface area contributed by atoms with Crippen LogP contribution in [0.15, 0.2) is 66.9 Å². The lowest BCUT2D eigenvalue weighted by molar-refractivity contribution is 0.357. The van der Waals surface area contributed by atoms with Gasteiger partial charge in [0.1, 0.15) is 0 Å². The van der Waals surface area contributed by atoms with E-state index in [2.05, 4.69) is 110 Å². The smallest absolute Gasteiger partial charge is 0.174 e. The fourth-order valence-electron chi connectivity index (χ4n) is 7.47. The summed E-state index contributed by atoms with van der Waals surface area (Å²) in [5.41, 5.74) is 10.6. The fraction of sp³-hybridized carbons (Fsp3) is 0.389. The minimum atomic E-state index is -0.118. The first-order valence-corrected chi connectivity index (χ1v) is 16.3. The van der Waals surface area contributed by atoms with Gasteiger partial charge in [0.05, 0.1) is 34.2 Å². The van der Waals surface area contributed by atoms with Crippen molar-refractivity contribution in [2.75, 3.05) is 22.9 Å². The number of rotatable bonds is 6. The fourth-order valence-corrected chi connectivity index (χ4v) is 8.11. The summed E-state index contributed by atoms with van der Waals surface area (Å²) in [7, 11) is 0. The molecule has 0 aliphatic carbocycles. The summed E-state index contributed by atoms with van der Waals surface area (Å²) in [5, 5.41) is 5.08. The van der Waals surface area contributed by atoms with E-state index in [0.717, 1.165) is 41.6 Å². The van der Waals surface area contributed by atoms with E-state index in [4.69, 9.17) is 28.8 Å². The van der Waals surface area contributed by atoms with Crippen molar-refractivity contribution in [1.82, 2.24) is 14.9 Å². The van der Waals surface area contributed by atoms with Gasteiger partial charge in [-0.2, -0.15) is 0 Å². The molecule has 43 heavy (non-hydrogen) atoms. The number of aryl methyl sites for hydroxylation is 3. The molecule has 0 saturated carbocycles. The Kier molecular flexibility index (Phi) is 8.27. The van der Waals surface area contributed by atoms with E-state index in [1.54, 1.807) is 0 Å². The van der Waals surface area contributed by atoms with Gasteiger partial charge in [-0.3, -0.25) is 4.98 Å². The maximum atomic E-state index is 7.07. The molecular formula is C36H42ClN5S. The van der Waals surface area contributed by atoms with Crippen LogP contribution < -0.4 is 15.1 Å². The van der Waals surface area contributed by atoms with E-state index in [-0.39, 0.29) is 12.1 Å². The molecule has 0 spiro atoms. The van der Waals surface area contributed by atoms with Gasteiger partial charge in [-0.25, -0.2) is 0 Å². The molecule has 2 aliphatic heterocycles. The second-order valence-electron chi connectivity index (χ2n) is 12.6. The molecule has 2 aromatic heterocycles. The Morgan fingerprint density at radius 1 is 0.977 bits per heavy atom. The molecule has 2 fully saturated rings. The van der Waals surface area contributed by atoms with Crippen molar-refractivity contribution in [3.63, 3.8) is 0 Å². The molecule has 4 heterocycles. The van der Waals surface area contributed by atoms with Crippen LogP contribution in [0.5, 0.6) is 0 Å². The minimum absolute atomic E-state index is 0.103. The monoisotopic (exact) mass is 611 g/mol. The van der Waals surface area contributed by atoms with Crippen molar-refractivity contribution < 1.29 is 0 Å². The molecule has 2 saturated heterocycles. The van der Waals surface area contributed by atoms with Gasteiger partial charge < -0.3 is 19.7 Å². The molecule has 2 aliphatic rings. The number of para-hydroxylation sites is 1. The first-order chi connectivity index (χ1) is 20.7.